The molecule has 0 spiro atoms. The molecule has 0 aliphatic heterocycles. The predicted octanol–water partition coefficient (Wildman–Crippen LogP) is 3.43. The molecule has 0 bridgehead atoms. The molecule has 0 aliphatic rings. The molecule has 6 heteroatoms. The second-order valence-electron chi connectivity index (χ2n) is 4.96. The van der Waals surface area contributed by atoms with E-state index in [1.165, 1.54) is 0 Å². The number of halogens is 1. The Morgan fingerprint density at radius 1 is 1.09 bits per heavy atom. The van der Waals surface area contributed by atoms with Gasteiger partial charge in [-0.15, -0.1) is 5.10 Å². The van der Waals surface area contributed by atoms with Crippen LogP contribution in [0.1, 0.15) is 16.8 Å². The van der Waals surface area contributed by atoms with Crippen molar-refractivity contribution >= 4 is 11.6 Å². The summed E-state index contributed by atoms with van der Waals surface area (Å²) in [5, 5.41) is 17.6. The highest BCUT2D eigenvalue weighted by Crippen LogP contribution is 2.16. The van der Waals surface area contributed by atoms with E-state index in [2.05, 4.69) is 16.4 Å². The summed E-state index contributed by atoms with van der Waals surface area (Å²) in [5.41, 5.74) is 2.44. The van der Waals surface area contributed by atoms with Crippen LogP contribution < -0.4 is 4.74 Å². The molecule has 0 atom stereocenters. The third kappa shape index (κ3) is 4.09. The van der Waals surface area contributed by atoms with Gasteiger partial charge in [0.25, 0.3) is 0 Å². The molecule has 114 valence electrons. The number of ether oxygens (including phenoxy) is 1. The van der Waals surface area contributed by atoms with Crippen LogP contribution in [0, 0.1) is 11.3 Å². The lowest BCUT2D eigenvalue weighted by molar-refractivity contribution is 0.301. The fraction of sp³-hybridized carbons (Fsp3) is 0.118. The minimum atomic E-state index is 0.342. The van der Waals surface area contributed by atoms with Gasteiger partial charge in [-0.25, -0.2) is 4.68 Å². The molecule has 3 aromatic rings. The Bertz CT molecular complexity index is 819. The first-order chi connectivity index (χ1) is 11.2. The molecule has 0 radical (unpaired) electrons. The molecule has 0 saturated heterocycles. The second kappa shape index (κ2) is 6.95. The minimum Gasteiger partial charge on any atom is -0.487 e. The van der Waals surface area contributed by atoms with Crippen molar-refractivity contribution < 1.29 is 4.74 Å². The maximum absolute atomic E-state index is 8.79. The molecular formula is C17H13ClN4O. The third-order valence-electron chi connectivity index (χ3n) is 3.21. The Hall–Kier alpha value is -2.84. The standard InChI is InChI=1S/C17H13ClN4O/c18-15-5-7-17(8-6-15)23-12-16-11-22(21-20-16)10-14-3-1-13(9-19)2-4-14/h1-8,11H,10,12H2. The summed E-state index contributed by atoms with van der Waals surface area (Å²) in [4.78, 5) is 0. The van der Waals surface area contributed by atoms with Crippen LogP contribution in [0.15, 0.2) is 54.7 Å². The van der Waals surface area contributed by atoms with E-state index in [0.717, 1.165) is 17.0 Å². The SMILES string of the molecule is N#Cc1ccc(Cn2cc(COc3ccc(Cl)cc3)nn2)cc1. The van der Waals surface area contributed by atoms with E-state index < -0.39 is 0 Å². The summed E-state index contributed by atoms with van der Waals surface area (Å²) in [5.74, 6) is 0.732. The summed E-state index contributed by atoms with van der Waals surface area (Å²) >= 11 is 5.83. The Kier molecular flexibility index (Phi) is 4.55. The Morgan fingerprint density at radius 2 is 1.83 bits per heavy atom. The molecule has 0 unspecified atom stereocenters. The minimum absolute atomic E-state index is 0.342. The van der Waals surface area contributed by atoms with Gasteiger partial charge < -0.3 is 4.74 Å². The summed E-state index contributed by atoms with van der Waals surface area (Å²) in [6.45, 7) is 0.939. The van der Waals surface area contributed by atoms with Crippen LogP contribution in [0.3, 0.4) is 0 Å². The van der Waals surface area contributed by atoms with Gasteiger partial charge in [0.1, 0.15) is 18.1 Å². The van der Waals surface area contributed by atoms with Crippen molar-refractivity contribution in [1.29, 1.82) is 5.26 Å². The van der Waals surface area contributed by atoms with Gasteiger partial charge in [-0.1, -0.05) is 28.9 Å². The zero-order valence-electron chi connectivity index (χ0n) is 12.2. The molecule has 0 saturated carbocycles. The van der Waals surface area contributed by atoms with E-state index in [-0.39, 0.29) is 0 Å². The van der Waals surface area contributed by atoms with Crippen LogP contribution in [0.2, 0.25) is 5.02 Å². The molecular weight excluding hydrogens is 312 g/mol. The van der Waals surface area contributed by atoms with Gasteiger partial charge in [0.2, 0.25) is 0 Å². The number of hydrogen-bond donors (Lipinski definition) is 0. The summed E-state index contributed by atoms with van der Waals surface area (Å²) < 4.78 is 7.37. The predicted molar refractivity (Wildman–Crippen MR) is 86.1 cm³/mol. The lowest BCUT2D eigenvalue weighted by atomic mass is 10.1. The Labute approximate surface area is 138 Å². The zero-order chi connectivity index (χ0) is 16.1. The van der Waals surface area contributed by atoms with E-state index in [0.29, 0.717) is 23.7 Å². The number of aromatic nitrogens is 3. The normalized spacial score (nSPS) is 10.3. The molecule has 23 heavy (non-hydrogen) atoms. The second-order valence-corrected chi connectivity index (χ2v) is 5.40. The van der Waals surface area contributed by atoms with Gasteiger partial charge in [0, 0.05) is 5.02 Å². The number of nitriles is 1. The molecule has 1 heterocycles. The fourth-order valence-electron chi connectivity index (χ4n) is 2.04. The van der Waals surface area contributed by atoms with Crippen LogP contribution in [0.5, 0.6) is 5.75 Å². The van der Waals surface area contributed by atoms with Crippen LogP contribution >= 0.6 is 11.6 Å². The van der Waals surface area contributed by atoms with Gasteiger partial charge in [-0.3, -0.25) is 0 Å². The molecule has 5 nitrogen and oxygen atoms in total. The van der Waals surface area contributed by atoms with Crippen LogP contribution in [0.4, 0.5) is 0 Å². The number of benzene rings is 2. The quantitative estimate of drug-likeness (QED) is 0.721. The highest BCUT2D eigenvalue weighted by atomic mass is 35.5. The summed E-state index contributed by atoms with van der Waals surface area (Å²) in [6, 6.07) is 16.7. The van der Waals surface area contributed by atoms with Crippen molar-refractivity contribution in [2.45, 2.75) is 13.2 Å². The van der Waals surface area contributed by atoms with Gasteiger partial charge >= 0.3 is 0 Å². The van der Waals surface area contributed by atoms with Gasteiger partial charge in [0.05, 0.1) is 24.4 Å². The molecule has 0 amide bonds. The van der Waals surface area contributed by atoms with Crippen molar-refractivity contribution in [1.82, 2.24) is 15.0 Å². The highest BCUT2D eigenvalue weighted by molar-refractivity contribution is 6.30. The number of rotatable bonds is 5. The van der Waals surface area contributed by atoms with Crippen molar-refractivity contribution in [2.24, 2.45) is 0 Å². The molecule has 3 rings (SSSR count). The molecule has 1 aromatic heterocycles. The Balaban J connectivity index is 1.59. The first-order valence-corrected chi connectivity index (χ1v) is 7.37. The lowest BCUT2D eigenvalue weighted by Crippen LogP contribution is -2.00. The topological polar surface area (TPSA) is 63.7 Å². The largest absolute Gasteiger partial charge is 0.487 e. The number of nitrogens with zero attached hydrogens (tertiary/aromatic N) is 4. The van der Waals surface area contributed by atoms with Gasteiger partial charge in [-0.2, -0.15) is 5.26 Å². The van der Waals surface area contributed by atoms with Gasteiger partial charge in [0.15, 0.2) is 0 Å². The maximum Gasteiger partial charge on any atom is 0.134 e. The molecule has 2 aromatic carbocycles. The van der Waals surface area contributed by atoms with Crippen LogP contribution in [-0.2, 0) is 13.2 Å². The number of hydrogen-bond acceptors (Lipinski definition) is 4. The Morgan fingerprint density at radius 3 is 2.52 bits per heavy atom. The molecule has 0 fully saturated rings. The first kappa shape index (κ1) is 15.1. The van der Waals surface area contributed by atoms with E-state index in [4.69, 9.17) is 21.6 Å². The van der Waals surface area contributed by atoms with Crippen molar-refractivity contribution in [2.75, 3.05) is 0 Å². The van der Waals surface area contributed by atoms with E-state index in [1.54, 1.807) is 28.9 Å². The van der Waals surface area contributed by atoms with Crippen molar-refractivity contribution in [3.8, 4) is 11.8 Å². The third-order valence-corrected chi connectivity index (χ3v) is 3.47. The highest BCUT2D eigenvalue weighted by Gasteiger charge is 2.03. The molecule has 0 aliphatic carbocycles. The maximum atomic E-state index is 8.79. The summed E-state index contributed by atoms with van der Waals surface area (Å²) in [7, 11) is 0. The smallest absolute Gasteiger partial charge is 0.134 e. The zero-order valence-corrected chi connectivity index (χ0v) is 12.9. The van der Waals surface area contributed by atoms with E-state index in [9.17, 15) is 0 Å². The lowest BCUT2D eigenvalue weighted by Gasteiger charge is -2.03. The van der Waals surface area contributed by atoms with Gasteiger partial charge in [-0.05, 0) is 42.0 Å². The van der Waals surface area contributed by atoms with Crippen LogP contribution in [-0.4, -0.2) is 15.0 Å². The van der Waals surface area contributed by atoms with Crippen LogP contribution in [0.25, 0.3) is 0 Å². The average molecular weight is 325 g/mol. The average Bonchev–Trinajstić information content (AvgIpc) is 3.02. The van der Waals surface area contributed by atoms with E-state index in [1.807, 2.05) is 30.5 Å². The van der Waals surface area contributed by atoms with E-state index >= 15 is 0 Å². The summed E-state index contributed by atoms with van der Waals surface area (Å²) in [6.07, 6.45) is 1.84. The first-order valence-electron chi connectivity index (χ1n) is 6.99. The molecule has 0 N–H and O–H groups in total. The van der Waals surface area contributed by atoms with Crippen molar-refractivity contribution in [3.63, 3.8) is 0 Å². The monoisotopic (exact) mass is 324 g/mol. The fourth-order valence-corrected chi connectivity index (χ4v) is 2.17. The van der Waals surface area contributed by atoms with Crippen molar-refractivity contribution in [3.05, 3.63) is 76.6 Å².